The van der Waals surface area contributed by atoms with Crippen LogP contribution in [0.4, 0.5) is 17.6 Å². The lowest BCUT2D eigenvalue weighted by Crippen LogP contribution is -2.28. The molecule has 2 nitrogen and oxygen atoms in total. The highest BCUT2D eigenvalue weighted by Crippen LogP contribution is 2.58. The molecule has 3 aliphatic rings. The Morgan fingerprint density at radius 1 is 1.18 bits per heavy atom. The first-order chi connectivity index (χ1) is 18.9. The lowest BCUT2D eigenvalue weighted by atomic mass is 9.76. The first-order valence-electron chi connectivity index (χ1n) is 14.9. The summed E-state index contributed by atoms with van der Waals surface area (Å²) in [6, 6.07) is 2.49. The van der Waals surface area contributed by atoms with E-state index in [0.29, 0.717) is 30.0 Å². The Balaban J connectivity index is 0.000000243. The van der Waals surface area contributed by atoms with E-state index < -0.39 is 17.6 Å². The van der Waals surface area contributed by atoms with E-state index in [1.807, 2.05) is 13.8 Å². The van der Waals surface area contributed by atoms with Gasteiger partial charge in [-0.25, -0.2) is 17.6 Å². The maximum atomic E-state index is 13.7. The minimum atomic E-state index is -2.81. The molecule has 1 aromatic rings. The number of ketones is 1. The van der Waals surface area contributed by atoms with E-state index in [0.717, 1.165) is 69.4 Å². The van der Waals surface area contributed by atoms with Crippen LogP contribution in [0.5, 0.6) is 5.75 Å². The van der Waals surface area contributed by atoms with Gasteiger partial charge in [-0.05, 0) is 101 Å². The number of rotatable bonds is 9. The predicted octanol–water partition coefficient (Wildman–Crippen LogP) is 10.3. The van der Waals surface area contributed by atoms with Crippen molar-refractivity contribution in [3.8, 4) is 5.75 Å². The molecule has 222 valence electrons. The predicted molar refractivity (Wildman–Crippen MR) is 154 cm³/mol. The molecule has 0 spiro atoms. The van der Waals surface area contributed by atoms with Crippen molar-refractivity contribution in [2.45, 2.75) is 111 Å². The highest BCUT2D eigenvalue weighted by molar-refractivity contribution is 5.83. The van der Waals surface area contributed by atoms with E-state index >= 15 is 0 Å². The van der Waals surface area contributed by atoms with Gasteiger partial charge in [-0.15, -0.1) is 0 Å². The minimum Gasteiger partial charge on any atom is -0.493 e. The van der Waals surface area contributed by atoms with Gasteiger partial charge in [0.15, 0.2) is 11.6 Å². The lowest BCUT2D eigenvalue weighted by Gasteiger charge is -2.29. The van der Waals surface area contributed by atoms with Gasteiger partial charge in [-0.2, -0.15) is 0 Å². The SMILES string of the molecule is C=C/C(=C\C(CC)=C(/C)CCC)C(C)(F)F.CC(=O)C12CCCC1C[C@@H](CC1CCOc3cc(F)c(F)cc31)C2. The Morgan fingerprint density at radius 3 is 2.45 bits per heavy atom. The average Bonchev–Trinajstić information content (AvgIpc) is 3.44. The zero-order valence-electron chi connectivity index (χ0n) is 24.9. The number of Topliss-reactive ketones (excluding diaryl/α,β-unsaturated/α-hetero) is 1. The molecule has 4 rings (SSSR count). The van der Waals surface area contributed by atoms with Crippen LogP contribution in [-0.2, 0) is 4.79 Å². The molecular weight excluding hydrogens is 516 g/mol. The van der Waals surface area contributed by atoms with Gasteiger partial charge in [-0.1, -0.05) is 44.9 Å². The van der Waals surface area contributed by atoms with Crippen LogP contribution in [0.1, 0.15) is 110 Å². The normalized spacial score (nSPS) is 26.6. The Hall–Kier alpha value is -2.37. The largest absolute Gasteiger partial charge is 0.493 e. The van der Waals surface area contributed by atoms with Crippen molar-refractivity contribution in [3.63, 3.8) is 0 Å². The molecule has 1 heterocycles. The molecule has 2 aliphatic carbocycles. The summed E-state index contributed by atoms with van der Waals surface area (Å²) < 4.78 is 59.0. The molecular formula is C34H46F4O2. The van der Waals surface area contributed by atoms with Crippen LogP contribution in [0, 0.1) is 28.9 Å². The lowest BCUT2D eigenvalue weighted by molar-refractivity contribution is -0.127. The Kier molecular flexibility index (Phi) is 10.9. The molecule has 2 saturated carbocycles. The maximum absolute atomic E-state index is 13.7. The van der Waals surface area contributed by atoms with Crippen LogP contribution in [-0.4, -0.2) is 18.3 Å². The number of benzene rings is 1. The summed E-state index contributed by atoms with van der Waals surface area (Å²) in [6.45, 7) is 12.7. The molecule has 3 unspecified atom stereocenters. The summed E-state index contributed by atoms with van der Waals surface area (Å²) in [4.78, 5) is 12.3. The number of alkyl halides is 2. The third-order valence-corrected chi connectivity index (χ3v) is 9.37. The van der Waals surface area contributed by atoms with E-state index in [9.17, 15) is 22.4 Å². The van der Waals surface area contributed by atoms with E-state index in [-0.39, 0.29) is 16.9 Å². The monoisotopic (exact) mass is 562 g/mol. The number of halogens is 4. The third kappa shape index (κ3) is 7.28. The summed E-state index contributed by atoms with van der Waals surface area (Å²) in [5.74, 6) is -2.37. The van der Waals surface area contributed by atoms with Crippen molar-refractivity contribution in [1.29, 1.82) is 0 Å². The molecule has 0 N–H and O–H groups in total. The van der Waals surface area contributed by atoms with Crippen LogP contribution in [0.2, 0.25) is 0 Å². The molecule has 1 aromatic carbocycles. The number of fused-ring (bicyclic) bond motifs is 2. The zero-order valence-corrected chi connectivity index (χ0v) is 24.9. The van der Waals surface area contributed by atoms with E-state index in [1.54, 1.807) is 13.0 Å². The van der Waals surface area contributed by atoms with Gasteiger partial charge in [0.2, 0.25) is 0 Å². The molecule has 0 radical (unpaired) electrons. The third-order valence-electron chi connectivity index (χ3n) is 9.37. The standard InChI is InChI=1S/C20H24F2O2.C14H22F2/c1-12(23)20-5-2-3-15(20)8-13(11-20)7-14-4-6-24-19-10-18(22)17(21)9-16(14)19;1-6-9-11(4)12(7-2)10-13(8-3)14(5,15)16/h9-10,13-15H,2-8,11H2,1H3;8,10H,3,6-7,9H2,1-2,4-5H3/b;12-11+,13-10+/t13-,14?,15?,20?;/m1./s1. The molecule has 6 heteroatoms. The quantitative estimate of drug-likeness (QED) is 0.221. The van der Waals surface area contributed by atoms with Crippen molar-refractivity contribution < 1.29 is 27.1 Å². The number of ether oxygens (including phenoxy) is 1. The highest BCUT2D eigenvalue weighted by Gasteiger charge is 2.53. The molecule has 0 saturated heterocycles. The van der Waals surface area contributed by atoms with Crippen LogP contribution >= 0.6 is 0 Å². The summed E-state index contributed by atoms with van der Waals surface area (Å²) >= 11 is 0. The van der Waals surface area contributed by atoms with Crippen LogP contribution in [0.15, 0.2) is 47.6 Å². The second-order valence-corrected chi connectivity index (χ2v) is 12.1. The number of carbonyl (C=O) groups is 1. The topological polar surface area (TPSA) is 26.3 Å². The Bertz CT molecular complexity index is 1130. The van der Waals surface area contributed by atoms with Crippen molar-refractivity contribution in [2.75, 3.05) is 6.61 Å². The fourth-order valence-electron chi connectivity index (χ4n) is 7.26. The van der Waals surface area contributed by atoms with Gasteiger partial charge in [0.25, 0.3) is 5.92 Å². The van der Waals surface area contributed by atoms with E-state index in [1.165, 1.54) is 36.6 Å². The average molecular weight is 563 g/mol. The second kappa shape index (κ2) is 13.5. The van der Waals surface area contributed by atoms with Crippen LogP contribution in [0.3, 0.4) is 0 Å². The van der Waals surface area contributed by atoms with Gasteiger partial charge in [-0.3, -0.25) is 4.79 Å². The summed E-state index contributed by atoms with van der Waals surface area (Å²) in [7, 11) is 0. The minimum absolute atomic E-state index is 0.000182. The maximum Gasteiger partial charge on any atom is 0.270 e. The van der Waals surface area contributed by atoms with Crippen LogP contribution < -0.4 is 4.74 Å². The first-order valence-corrected chi connectivity index (χ1v) is 14.9. The number of allylic oxidation sites excluding steroid dienone is 5. The highest BCUT2D eigenvalue weighted by atomic mass is 19.3. The summed E-state index contributed by atoms with van der Waals surface area (Å²) in [5, 5.41) is 0. The van der Waals surface area contributed by atoms with Gasteiger partial charge >= 0.3 is 0 Å². The van der Waals surface area contributed by atoms with Crippen LogP contribution in [0.25, 0.3) is 0 Å². The van der Waals surface area contributed by atoms with Crippen molar-refractivity contribution in [2.24, 2.45) is 17.3 Å². The molecule has 4 atom stereocenters. The molecule has 0 bridgehead atoms. The molecule has 40 heavy (non-hydrogen) atoms. The van der Waals surface area contributed by atoms with E-state index in [4.69, 9.17) is 4.74 Å². The molecule has 1 aliphatic heterocycles. The van der Waals surface area contributed by atoms with Crippen molar-refractivity contribution >= 4 is 5.78 Å². The summed E-state index contributed by atoms with van der Waals surface area (Å²) in [5.41, 5.74) is 2.90. The Labute approximate surface area is 238 Å². The van der Waals surface area contributed by atoms with Gasteiger partial charge in [0.05, 0.1) is 6.61 Å². The molecule has 0 aromatic heterocycles. The van der Waals surface area contributed by atoms with Gasteiger partial charge in [0.1, 0.15) is 11.5 Å². The summed E-state index contributed by atoms with van der Waals surface area (Å²) in [6.07, 6.45) is 12.8. The smallest absolute Gasteiger partial charge is 0.270 e. The van der Waals surface area contributed by atoms with Crippen molar-refractivity contribution in [3.05, 3.63) is 64.8 Å². The second-order valence-electron chi connectivity index (χ2n) is 12.1. The zero-order chi connectivity index (χ0) is 29.7. The molecule has 0 amide bonds. The fourth-order valence-corrected chi connectivity index (χ4v) is 7.26. The number of carbonyl (C=O) groups excluding carboxylic acids is 1. The number of hydrogen-bond acceptors (Lipinski definition) is 2. The number of hydrogen-bond donors (Lipinski definition) is 0. The fraction of sp³-hybridized carbons (Fsp3) is 0.618. The first kappa shape index (κ1) is 32.1. The van der Waals surface area contributed by atoms with Crippen molar-refractivity contribution in [1.82, 2.24) is 0 Å². The Morgan fingerprint density at radius 2 is 1.88 bits per heavy atom. The molecule has 2 fully saturated rings. The van der Waals surface area contributed by atoms with Gasteiger partial charge in [0, 0.05) is 29.5 Å². The van der Waals surface area contributed by atoms with E-state index in [2.05, 4.69) is 13.5 Å². The van der Waals surface area contributed by atoms with Gasteiger partial charge < -0.3 is 4.74 Å².